The van der Waals surface area contributed by atoms with Crippen LogP contribution in [0.2, 0.25) is 5.02 Å². The molecule has 2 aromatic carbocycles. The second-order valence-electron chi connectivity index (χ2n) is 5.15. The molecule has 0 spiro atoms. The molecule has 1 aromatic heterocycles. The molecule has 0 aliphatic rings. The molecule has 0 aliphatic heterocycles. The summed E-state index contributed by atoms with van der Waals surface area (Å²) in [6, 6.07) is 10.7. The van der Waals surface area contributed by atoms with E-state index >= 15 is 0 Å². The summed E-state index contributed by atoms with van der Waals surface area (Å²) in [6.45, 7) is -0.144. The Hall–Kier alpha value is -2.74. The summed E-state index contributed by atoms with van der Waals surface area (Å²) in [5, 5.41) is 12.1. The van der Waals surface area contributed by atoms with E-state index in [1.807, 2.05) is 0 Å². The van der Waals surface area contributed by atoms with E-state index in [1.54, 1.807) is 24.3 Å². The summed E-state index contributed by atoms with van der Waals surface area (Å²) < 4.78 is 37.7. The van der Waals surface area contributed by atoms with E-state index < -0.39 is 11.7 Å². The van der Waals surface area contributed by atoms with Crippen LogP contribution in [0.1, 0.15) is 15.9 Å². The van der Waals surface area contributed by atoms with Gasteiger partial charge in [-0.05, 0) is 41.6 Å². The first-order valence-electron chi connectivity index (χ1n) is 7.07. The molecule has 0 atom stereocenters. The van der Waals surface area contributed by atoms with Crippen molar-refractivity contribution in [3.8, 4) is 11.4 Å². The van der Waals surface area contributed by atoms with Crippen molar-refractivity contribution in [3.05, 3.63) is 64.7 Å². The quantitative estimate of drug-likeness (QED) is 0.657. The van der Waals surface area contributed by atoms with Gasteiger partial charge in [0.1, 0.15) is 6.54 Å². The SMILES string of the molecule is O=C(Cn1nnc(-c2ccc(C(F)(F)F)cc2)n1)c1ccc(Cl)cc1. The van der Waals surface area contributed by atoms with Gasteiger partial charge in [-0.3, -0.25) is 4.79 Å². The van der Waals surface area contributed by atoms with E-state index in [0.717, 1.165) is 16.9 Å². The lowest BCUT2D eigenvalue weighted by Gasteiger charge is -2.05. The first kappa shape index (κ1) is 17.1. The molecular weight excluding hydrogens is 357 g/mol. The number of carbonyl (C=O) groups is 1. The normalized spacial score (nSPS) is 11.5. The number of halogens is 4. The van der Waals surface area contributed by atoms with Gasteiger partial charge in [-0.1, -0.05) is 23.7 Å². The number of benzene rings is 2. The fourth-order valence-corrected chi connectivity index (χ4v) is 2.22. The molecule has 0 fully saturated rings. The summed E-state index contributed by atoms with van der Waals surface area (Å²) in [6.07, 6.45) is -4.41. The summed E-state index contributed by atoms with van der Waals surface area (Å²) in [7, 11) is 0. The molecule has 0 amide bonds. The standard InChI is InChI=1S/C16H10ClF3N4O/c17-13-7-3-10(4-8-13)14(25)9-24-22-15(21-23-24)11-1-5-12(6-2-11)16(18,19)20/h1-8H,9H2. The van der Waals surface area contributed by atoms with Crippen molar-refractivity contribution in [2.75, 3.05) is 0 Å². The van der Waals surface area contributed by atoms with Crippen molar-refractivity contribution in [1.29, 1.82) is 0 Å². The summed E-state index contributed by atoms with van der Waals surface area (Å²) in [5.74, 6) is -0.106. The molecule has 5 nitrogen and oxygen atoms in total. The van der Waals surface area contributed by atoms with Crippen molar-refractivity contribution >= 4 is 17.4 Å². The molecule has 0 aliphatic carbocycles. The second-order valence-corrected chi connectivity index (χ2v) is 5.59. The first-order valence-corrected chi connectivity index (χ1v) is 7.45. The van der Waals surface area contributed by atoms with E-state index in [1.165, 1.54) is 12.1 Å². The highest BCUT2D eigenvalue weighted by Crippen LogP contribution is 2.30. The van der Waals surface area contributed by atoms with Crippen LogP contribution in [0.4, 0.5) is 13.2 Å². The van der Waals surface area contributed by atoms with Gasteiger partial charge < -0.3 is 0 Å². The third kappa shape index (κ3) is 4.03. The van der Waals surface area contributed by atoms with Crippen molar-refractivity contribution in [2.45, 2.75) is 12.7 Å². The highest BCUT2D eigenvalue weighted by atomic mass is 35.5. The molecule has 3 rings (SSSR count). The van der Waals surface area contributed by atoms with Gasteiger partial charge in [0.25, 0.3) is 0 Å². The highest BCUT2D eigenvalue weighted by molar-refractivity contribution is 6.30. The molecule has 9 heteroatoms. The van der Waals surface area contributed by atoms with Crippen molar-refractivity contribution in [3.63, 3.8) is 0 Å². The lowest BCUT2D eigenvalue weighted by atomic mass is 10.1. The number of aromatic nitrogens is 4. The zero-order valence-electron chi connectivity index (χ0n) is 12.5. The molecule has 1 heterocycles. The summed E-state index contributed by atoms with van der Waals surface area (Å²) in [4.78, 5) is 13.2. The van der Waals surface area contributed by atoms with E-state index in [4.69, 9.17) is 11.6 Å². The number of carbonyl (C=O) groups excluding carboxylic acids is 1. The molecule has 0 bridgehead atoms. The molecule has 0 saturated carbocycles. The van der Waals surface area contributed by atoms with Crippen molar-refractivity contribution in [2.24, 2.45) is 0 Å². The number of tetrazole rings is 1. The molecule has 0 N–H and O–H groups in total. The number of rotatable bonds is 4. The molecule has 0 saturated heterocycles. The average molecular weight is 367 g/mol. The maximum Gasteiger partial charge on any atom is 0.416 e. The number of hydrogen-bond acceptors (Lipinski definition) is 4. The maximum atomic E-state index is 12.6. The van der Waals surface area contributed by atoms with Gasteiger partial charge in [-0.15, -0.1) is 10.2 Å². The second kappa shape index (κ2) is 6.64. The molecular formula is C16H10ClF3N4O. The van der Waals surface area contributed by atoms with Gasteiger partial charge in [0.05, 0.1) is 5.56 Å². The van der Waals surface area contributed by atoms with Crippen LogP contribution in [-0.4, -0.2) is 26.0 Å². The third-order valence-corrected chi connectivity index (χ3v) is 3.63. The van der Waals surface area contributed by atoms with Crippen molar-refractivity contribution in [1.82, 2.24) is 20.2 Å². The lowest BCUT2D eigenvalue weighted by Crippen LogP contribution is -2.13. The molecule has 0 radical (unpaired) electrons. The Labute approximate surface area is 145 Å². The smallest absolute Gasteiger partial charge is 0.292 e. The zero-order valence-corrected chi connectivity index (χ0v) is 13.3. The summed E-state index contributed by atoms with van der Waals surface area (Å²) >= 11 is 5.77. The Morgan fingerprint density at radius 2 is 1.68 bits per heavy atom. The van der Waals surface area contributed by atoms with Gasteiger partial charge in [0.2, 0.25) is 5.82 Å². The van der Waals surface area contributed by atoms with Gasteiger partial charge in [0.15, 0.2) is 5.78 Å². The zero-order chi connectivity index (χ0) is 18.0. The molecule has 25 heavy (non-hydrogen) atoms. The predicted octanol–water partition coefficient (Wildman–Crippen LogP) is 3.90. The van der Waals surface area contributed by atoms with Crippen LogP contribution in [0.3, 0.4) is 0 Å². The number of nitrogens with zero attached hydrogens (tertiary/aromatic N) is 4. The average Bonchev–Trinajstić information content (AvgIpc) is 3.03. The minimum absolute atomic E-state index is 0.137. The van der Waals surface area contributed by atoms with E-state index in [0.29, 0.717) is 16.1 Å². The highest BCUT2D eigenvalue weighted by Gasteiger charge is 2.30. The fourth-order valence-electron chi connectivity index (χ4n) is 2.09. The monoisotopic (exact) mass is 366 g/mol. The van der Waals surface area contributed by atoms with Crippen molar-refractivity contribution < 1.29 is 18.0 Å². The third-order valence-electron chi connectivity index (χ3n) is 3.37. The first-order chi connectivity index (χ1) is 11.8. The number of hydrogen-bond donors (Lipinski definition) is 0. The predicted molar refractivity (Wildman–Crippen MR) is 84.0 cm³/mol. The van der Waals surface area contributed by atoms with E-state index in [-0.39, 0.29) is 18.2 Å². The Balaban J connectivity index is 1.74. The Morgan fingerprint density at radius 3 is 2.28 bits per heavy atom. The fraction of sp³-hybridized carbons (Fsp3) is 0.125. The van der Waals surface area contributed by atoms with Crippen LogP contribution in [0.25, 0.3) is 11.4 Å². The Bertz CT molecular complexity index is 889. The summed E-state index contributed by atoms with van der Waals surface area (Å²) in [5.41, 5.74) is 0.0533. The van der Waals surface area contributed by atoms with Gasteiger partial charge >= 0.3 is 6.18 Å². The van der Waals surface area contributed by atoms with E-state index in [9.17, 15) is 18.0 Å². The maximum absolute atomic E-state index is 12.6. The minimum Gasteiger partial charge on any atom is -0.292 e. The van der Waals surface area contributed by atoms with Crippen LogP contribution < -0.4 is 0 Å². The minimum atomic E-state index is -4.41. The molecule has 128 valence electrons. The topological polar surface area (TPSA) is 60.7 Å². The van der Waals surface area contributed by atoms with Crippen LogP contribution in [0, 0.1) is 0 Å². The number of alkyl halides is 3. The van der Waals surface area contributed by atoms with E-state index in [2.05, 4.69) is 15.4 Å². The van der Waals surface area contributed by atoms with Crippen LogP contribution in [-0.2, 0) is 12.7 Å². The number of Topliss-reactive ketones (excluding diaryl/α,β-unsaturated/α-hetero) is 1. The van der Waals surface area contributed by atoms with Gasteiger partial charge in [0, 0.05) is 16.1 Å². The lowest BCUT2D eigenvalue weighted by molar-refractivity contribution is -0.137. The van der Waals surface area contributed by atoms with Gasteiger partial charge in [-0.2, -0.15) is 18.0 Å². The number of ketones is 1. The Morgan fingerprint density at radius 1 is 1.04 bits per heavy atom. The molecule has 3 aromatic rings. The van der Waals surface area contributed by atoms with Crippen LogP contribution >= 0.6 is 11.6 Å². The van der Waals surface area contributed by atoms with Crippen LogP contribution in [0.15, 0.2) is 48.5 Å². The Kier molecular flexibility index (Phi) is 4.54. The van der Waals surface area contributed by atoms with Crippen LogP contribution in [0.5, 0.6) is 0 Å². The molecule has 0 unspecified atom stereocenters. The van der Waals surface area contributed by atoms with Gasteiger partial charge in [-0.25, -0.2) is 0 Å². The largest absolute Gasteiger partial charge is 0.416 e.